The molecule has 0 saturated carbocycles. The second kappa shape index (κ2) is 6.50. The average Bonchev–Trinajstić information content (AvgIpc) is 2.54. The maximum atomic E-state index is 13.9. The van der Waals surface area contributed by atoms with Crippen molar-refractivity contribution in [1.29, 1.82) is 0 Å². The molecule has 2 aromatic rings. The van der Waals surface area contributed by atoms with E-state index in [0.29, 0.717) is 13.1 Å². The highest BCUT2D eigenvalue weighted by atomic mass is 19.1. The van der Waals surface area contributed by atoms with Gasteiger partial charge in [-0.3, -0.25) is 4.79 Å². The van der Waals surface area contributed by atoms with Crippen molar-refractivity contribution in [3.8, 4) is 0 Å². The van der Waals surface area contributed by atoms with Gasteiger partial charge in [-0.25, -0.2) is 4.39 Å². The van der Waals surface area contributed by atoms with Gasteiger partial charge in [0.05, 0.1) is 5.56 Å². The number of aryl methyl sites for hydroxylation is 1. The number of halogens is 1. The summed E-state index contributed by atoms with van der Waals surface area (Å²) in [6.07, 6.45) is 0.838. The van der Waals surface area contributed by atoms with Gasteiger partial charge >= 0.3 is 0 Å². The van der Waals surface area contributed by atoms with E-state index in [9.17, 15) is 9.18 Å². The lowest BCUT2D eigenvalue weighted by Crippen LogP contribution is -2.48. The Balaban J connectivity index is 1.83. The van der Waals surface area contributed by atoms with E-state index in [1.165, 1.54) is 23.3 Å². The number of carbonyl (C=O) groups is 1. The molecule has 0 spiro atoms. The van der Waals surface area contributed by atoms with Crippen LogP contribution in [-0.2, 0) is 0 Å². The molecule has 0 aromatic heterocycles. The third-order valence-corrected chi connectivity index (χ3v) is 4.39. The van der Waals surface area contributed by atoms with E-state index in [0.717, 1.165) is 6.42 Å². The Labute approximate surface area is 135 Å². The van der Waals surface area contributed by atoms with Crippen LogP contribution in [0.5, 0.6) is 0 Å². The fourth-order valence-corrected chi connectivity index (χ4v) is 3.27. The van der Waals surface area contributed by atoms with Gasteiger partial charge < -0.3 is 10.6 Å². The number of rotatable bonds is 2. The maximum Gasteiger partial charge on any atom is 0.256 e. The fourth-order valence-electron chi connectivity index (χ4n) is 3.27. The highest BCUT2D eigenvalue weighted by Crippen LogP contribution is 2.28. The molecule has 1 fully saturated rings. The van der Waals surface area contributed by atoms with Gasteiger partial charge in [0.2, 0.25) is 0 Å². The fraction of sp³-hybridized carbons (Fsp3) is 0.316. The number of carbonyl (C=O) groups excluding carboxylic acids is 1. The number of amides is 1. The zero-order valence-electron chi connectivity index (χ0n) is 13.2. The molecule has 0 bridgehead atoms. The molecule has 2 aromatic carbocycles. The first-order valence-electron chi connectivity index (χ1n) is 7.90. The van der Waals surface area contributed by atoms with Crippen molar-refractivity contribution in [2.45, 2.75) is 25.3 Å². The van der Waals surface area contributed by atoms with Gasteiger partial charge in [0.1, 0.15) is 5.82 Å². The molecule has 1 heterocycles. The lowest BCUT2D eigenvalue weighted by molar-refractivity contribution is 0.0684. The molecule has 1 amide bonds. The summed E-state index contributed by atoms with van der Waals surface area (Å²) in [7, 11) is 0. The standard InChI is InChI=1S/C19H21FN2O/c1-13-5-4-6-14(9-13)15-10-16(21)12-22(11-15)19(23)17-7-2-3-8-18(17)20/h2-9,15-16H,10-12,21H2,1H3. The molecule has 0 aliphatic carbocycles. The van der Waals surface area contributed by atoms with Crippen molar-refractivity contribution in [3.05, 3.63) is 71.0 Å². The molecule has 2 atom stereocenters. The third-order valence-electron chi connectivity index (χ3n) is 4.39. The van der Waals surface area contributed by atoms with Crippen LogP contribution in [0.1, 0.15) is 33.8 Å². The van der Waals surface area contributed by atoms with Crippen molar-refractivity contribution in [2.75, 3.05) is 13.1 Å². The van der Waals surface area contributed by atoms with Gasteiger partial charge in [0.25, 0.3) is 5.91 Å². The summed E-state index contributed by atoms with van der Waals surface area (Å²) in [5, 5.41) is 0. The van der Waals surface area contributed by atoms with Crippen LogP contribution in [0.4, 0.5) is 4.39 Å². The average molecular weight is 312 g/mol. The van der Waals surface area contributed by atoms with Crippen LogP contribution in [-0.4, -0.2) is 29.9 Å². The molecule has 3 rings (SSSR count). The van der Waals surface area contributed by atoms with E-state index in [2.05, 4.69) is 25.1 Å². The molecule has 3 nitrogen and oxygen atoms in total. The molecule has 4 heteroatoms. The number of hydrogen-bond acceptors (Lipinski definition) is 2. The Morgan fingerprint density at radius 2 is 1.96 bits per heavy atom. The lowest BCUT2D eigenvalue weighted by Gasteiger charge is -2.36. The monoisotopic (exact) mass is 312 g/mol. The van der Waals surface area contributed by atoms with E-state index >= 15 is 0 Å². The number of nitrogens with zero attached hydrogens (tertiary/aromatic N) is 1. The molecule has 1 aliphatic heterocycles. The maximum absolute atomic E-state index is 13.9. The first-order valence-corrected chi connectivity index (χ1v) is 7.90. The van der Waals surface area contributed by atoms with Gasteiger partial charge in [0.15, 0.2) is 0 Å². The zero-order valence-corrected chi connectivity index (χ0v) is 13.2. The Morgan fingerprint density at radius 1 is 1.17 bits per heavy atom. The van der Waals surface area contributed by atoms with Crippen LogP contribution in [0.25, 0.3) is 0 Å². The summed E-state index contributed by atoms with van der Waals surface area (Å²) >= 11 is 0. The predicted molar refractivity (Wildman–Crippen MR) is 88.8 cm³/mol. The Hall–Kier alpha value is -2.20. The first kappa shape index (κ1) is 15.7. The van der Waals surface area contributed by atoms with Crippen molar-refractivity contribution in [2.24, 2.45) is 5.73 Å². The van der Waals surface area contributed by atoms with E-state index < -0.39 is 5.82 Å². The van der Waals surface area contributed by atoms with Crippen LogP contribution in [0.3, 0.4) is 0 Å². The van der Waals surface area contributed by atoms with Gasteiger partial charge in [-0.1, -0.05) is 42.0 Å². The highest BCUT2D eigenvalue weighted by Gasteiger charge is 2.30. The molecule has 23 heavy (non-hydrogen) atoms. The molecular formula is C19H21FN2O. The Bertz CT molecular complexity index is 716. The van der Waals surface area contributed by atoms with E-state index in [4.69, 9.17) is 5.73 Å². The van der Waals surface area contributed by atoms with Crippen LogP contribution < -0.4 is 5.73 Å². The van der Waals surface area contributed by atoms with Crippen molar-refractivity contribution >= 4 is 5.91 Å². The van der Waals surface area contributed by atoms with Crippen molar-refractivity contribution in [3.63, 3.8) is 0 Å². The Morgan fingerprint density at radius 3 is 2.70 bits per heavy atom. The zero-order chi connectivity index (χ0) is 16.4. The van der Waals surface area contributed by atoms with Crippen LogP contribution in [0.2, 0.25) is 0 Å². The van der Waals surface area contributed by atoms with Crippen LogP contribution in [0.15, 0.2) is 48.5 Å². The molecule has 2 unspecified atom stereocenters. The largest absolute Gasteiger partial charge is 0.336 e. The normalized spacial score (nSPS) is 21.3. The summed E-state index contributed by atoms with van der Waals surface area (Å²) in [4.78, 5) is 14.3. The second-order valence-electron chi connectivity index (χ2n) is 6.30. The van der Waals surface area contributed by atoms with E-state index in [1.54, 1.807) is 17.0 Å². The minimum absolute atomic E-state index is 0.0926. The molecule has 0 radical (unpaired) electrons. The predicted octanol–water partition coefficient (Wildman–Crippen LogP) is 3.09. The van der Waals surface area contributed by atoms with E-state index in [1.807, 2.05) is 6.07 Å². The molecule has 1 aliphatic rings. The number of hydrogen-bond donors (Lipinski definition) is 1. The third kappa shape index (κ3) is 3.42. The van der Waals surface area contributed by atoms with Crippen LogP contribution in [0, 0.1) is 12.7 Å². The smallest absolute Gasteiger partial charge is 0.256 e. The molecule has 2 N–H and O–H groups in total. The van der Waals surface area contributed by atoms with Gasteiger partial charge in [-0.15, -0.1) is 0 Å². The number of likely N-dealkylation sites (tertiary alicyclic amines) is 1. The molecule has 120 valence electrons. The summed E-state index contributed by atoms with van der Waals surface area (Å²) in [5.74, 6) is -0.575. The summed E-state index contributed by atoms with van der Waals surface area (Å²) in [5.41, 5.74) is 8.65. The number of nitrogens with two attached hydrogens (primary N) is 1. The minimum atomic E-state index is -0.483. The second-order valence-corrected chi connectivity index (χ2v) is 6.30. The summed E-state index contributed by atoms with van der Waals surface area (Å²) < 4.78 is 13.9. The van der Waals surface area contributed by atoms with Crippen molar-refractivity contribution < 1.29 is 9.18 Å². The van der Waals surface area contributed by atoms with Gasteiger partial charge in [-0.05, 0) is 31.0 Å². The molecular weight excluding hydrogens is 291 g/mol. The topological polar surface area (TPSA) is 46.3 Å². The van der Waals surface area contributed by atoms with E-state index in [-0.39, 0.29) is 23.4 Å². The van der Waals surface area contributed by atoms with Crippen molar-refractivity contribution in [1.82, 2.24) is 4.90 Å². The van der Waals surface area contributed by atoms with Gasteiger partial charge in [-0.2, -0.15) is 0 Å². The number of benzene rings is 2. The minimum Gasteiger partial charge on any atom is -0.336 e. The molecule has 1 saturated heterocycles. The van der Waals surface area contributed by atoms with Crippen LogP contribution >= 0.6 is 0 Å². The SMILES string of the molecule is Cc1cccc(C2CC(N)CN(C(=O)c3ccccc3F)C2)c1. The first-order chi connectivity index (χ1) is 11.0. The quantitative estimate of drug-likeness (QED) is 0.926. The Kier molecular flexibility index (Phi) is 4.44. The lowest BCUT2D eigenvalue weighted by atomic mass is 9.87. The number of piperidine rings is 1. The summed E-state index contributed by atoms with van der Waals surface area (Å²) in [6.45, 7) is 3.09. The van der Waals surface area contributed by atoms with Gasteiger partial charge in [0, 0.05) is 25.0 Å². The summed E-state index contributed by atoms with van der Waals surface area (Å²) in [6, 6.07) is 14.3. The highest BCUT2D eigenvalue weighted by molar-refractivity contribution is 5.94.